The Morgan fingerprint density at radius 3 is 2.06 bits per heavy atom. The summed E-state index contributed by atoms with van der Waals surface area (Å²) in [4.78, 5) is 38.5. The van der Waals surface area contributed by atoms with E-state index < -0.39 is 8.38 Å². The molecule has 0 bridgehead atoms. The zero-order chi connectivity index (χ0) is 24.2. The Bertz CT molecular complexity index is 1270. The third-order valence-electron chi connectivity index (χ3n) is 5.57. The topological polar surface area (TPSA) is 90.6 Å². The van der Waals surface area contributed by atoms with E-state index in [4.69, 9.17) is 4.98 Å². The van der Waals surface area contributed by atoms with Crippen LogP contribution in [0.4, 0.5) is 5.82 Å². The summed E-state index contributed by atoms with van der Waals surface area (Å²) in [6, 6.07) is 25.4. The van der Waals surface area contributed by atoms with Crippen molar-refractivity contribution in [1.82, 2.24) is 14.9 Å². The largest absolute Gasteiger partial charge is 0.361 e. The van der Waals surface area contributed by atoms with Crippen LogP contribution in [0.5, 0.6) is 0 Å². The van der Waals surface area contributed by atoms with E-state index in [1.807, 2.05) is 41.8 Å². The average Bonchev–Trinajstić information content (AvgIpc) is 3.24. The summed E-state index contributed by atoms with van der Waals surface area (Å²) in [5.74, 6) is 0.960. The molecular weight excluding hydrogens is 447 g/mol. The number of hydrogen-bond acceptors (Lipinski definition) is 5. The van der Waals surface area contributed by atoms with E-state index in [2.05, 4.69) is 41.7 Å². The minimum absolute atomic E-state index is 0.228. The lowest BCUT2D eigenvalue weighted by atomic mass is 10.0. The number of imidazole rings is 1. The van der Waals surface area contributed by atoms with Crippen molar-refractivity contribution in [3.05, 3.63) is 90.1 Å². The molecule has 1 amide bonds. The lowest BCUT2D eigenvalue weighted by Gasteiger charge is -2.15. The number of amides is 1. The van der Waals surface area contributed by atoms with Gasteiger partial charge in [0.25, 0.3) is 5.91 Å². The lowest BCUT2D eigenvalue weighted by Crippen LogP contribution is -2.25. The van der Waals surface area contributed by atoms with Crippen LogP contribution < -0.4 is 15.5 Å². The number of carbonyl (C=O) groups excluding carboxylic acids is 1. The molecule has 3 N–H and O–H groups in total. The van der Waals surface area contributed by atoms with Gasteiger partial charge in [0, 0.05) is 38.6 Å². The second-order valence-corrected chi connectivity index (χ2v) is 9.16. The molecule has 0 unspecified atom stereocenters. The monoisotopic (exact) mass is 474 g/mol. The number of hydrogen-bond donors (Lipinski definition) is 3. The molecule has 3 aromatic carbocycles. The van der Waals surface area contributed by atoms with E-state index in [0.29, 0.717) is 29.2 Å². The number of rotatable bonds is 7. The van der Waals surface area contributed by atoms with Gasteiger partial charge in [0.05, 0.1) is 0 Å². The van der Waals surface area contributed by atoms with Crippen molar-refractivity contribution >= 4 is 25.4 Å². The number of carbonyl (C=O) groups is 1. The molecule has 0 atom stereocenters. The predicted molar refractivity (Wildman–Crippen MR) is 137 cm³/mol. The fourth-order valence-electron chi connectivity index (χ4n) is 3.83. The van der Waals surface area contributed by atoms with Crippen LogP contribution in [-0.2, 0) is 6.54 Å². The number of anilines is 1. The Morgan fingerprint density at radius 1 is 0.912 bits per heavy atom. The van der Waals surface area contributed by atoms with Crippen molar-refractivity contribution in [2.75, 3.05) is 26.0 Å². The number of aromatic nitrogens is 2. The first-order valence-corrected chi connectivity index (χ1v) is 12.1. The molecule has 0 saturated carbocycles. The zero-order valence-corrected chi connectivity index (χ0v) is 20.2. The summed E-state index contributed by atoms with van der Waals surface area (Å²) < 4.78 is 1.90. The Labute approximate surface area is 200 Å². The highest BCUT2D eigenvalue weighted by atomic mass is 31.2. The van der Waals surface area contributed by atoms with Crippen LogP contribution in [0.2, 0.25) is 0 Å². The van der Waals surface area contributed by atoms with Crippen molar-refractivity contribution in [2.24, 2.45) is 0 Å². The molecule has 0 spiro atoms. The summed E-state index contributed by atoms with van der Waals surface area (Å²) in [5, 5.41) is 3.18. The fourth-order valence-corrected chi connectivity index (χ4v) is 4.24. The molecule has 4 aromatic rings. The first-order chi connectivity index (χ1) is 16.4. The van der Waals surface area contributed by atoms with E-state index in [1.54, 1.807) is 31.3 Å². The van der Waals surface area contributed by atoms with Gasteiger partial charge in [-0.25, -0.2) is 4.98 Å². The van der Waals surface area contributed by atoms with E-state index in [9.17, 15) is 14.6 Å². The lowest BCUT2D eigenvalue weighted by molar-refractivity contribution is 0.0955. The molecule has 0 aliphatic heterocycles. The third-order valence-corrected chi connectivity index (χ3v) is 6.33. The molecule has 0 saturated heterocycles. The van der Waals surface area contributed by atoms with Crippen LogP contribution in [0, 0.1) is 0 Å². The van der Waals surface area contributed by atoms with Crippen molar-refractivity contribution < 1.29 is 14.6 Å². The summed E-state index contributed by atoms with van der Waals surface area (Å²) in [7, 11) is 3.14. The summed E-state index contributed by atoms with van der Waals surface area (Å²) in [6.07, 6.45) is 0. The molecule has 0 aliphatic carbocycles. The normalized spacial score (nSPS) is 11.0. The summed E-state index contributed by atoms with van der Waals surface area (Å²) >= 11 is 0. The predicted octanol–water partition coefficient (Wildman–Crippen LogP) is 3.61. The molecule has 0 radical (unpaired) electrons. The van der Waals surface area contributed by atoms with Crippen LogP contribution >= 0.6 is 8.38 Å². The first kappa shape index (κ1) is 23.6. The summed E-state index contributed by atoms with van der Waals surface area (Å²) in [6.45, 7) is 0.447. The standard InChI is InChI=1S/C26H27N4O3P/c1-27-26(31)23-25(29(2)3)28-24(21-13-15-22(16-14-21)34(32)33)30(23)17-18-9-11-20(12-10-18)19-7-5-4-6-8-19/h4-16,32-33H,17H2,1-3H3,(H,27,31). The zero-order valence-electron chi connectivity index (χ0n) is 19.3. The van der Waals surface area contributed by atoms with Gasteiger partial charge >= 0.3 is 0 Å². The van der Waals surface area contributed by atoms with Crippen LogP contribution in [0.3, 0.4) is 0 Å². The number of nitrogens with one attached hydrogen (secondary N) is 1. The van der Waals surface area contributed by atoms with E-state index in [-0.39, 0.29) is 5.91 Å². The third kappa shape index (κ3) is 4.87. The molecular formula is C26H27N4O3P. The average molecular weight is 475 g/mol. The maximum Gasteiger partial charge on any atom is 0.271 e. The number of benzene rings is 3. The van der Waals surface area contributed by atoms with Crippen molar-refractivity contribution in [3.8, 4) is 22.5 Å². The quantitative estimate of drug-likeness (QED) is 0.356. The van der Waals surface area contributed by atoms with Gasteiger partial charge in [-0.2, -0.15) is 0 Å². The minimum Gasteiger partial charge on any atom is -0.361 e. The van der Waals surface area contributed by atoms with Gasteiger partial charge in [0.1, 0.15) is 5.82 Å². The smallest absolute Gasteiger partial charge is 0.271 e. The van der Waals surface area contributed by atoms with Gasteiger partial charge in [0.2, 0.25) is 0 Å². The van der Waals surface area contributed by atoms with Gasteiger partial charge < -0.3 is 24.6 Å². The molecule has 0 aliphatic rings. The Balaban J connectivity index is 1.78. The van der Waals surface area contributed by atoms with Crippen LogP contribution in [0.15, 0.2) is 78.9 Å². The second kappa shape index (κ2) is 10.2. The van der Waals surface area contributed by atoms with Crippen LogP contribution in [0.25, 0.3) is 22.5 Å². The molecule has 8 heteroatoms. The van der Waals surface area contributed by atoms with Gasteiger partial charge in [-0.3, -0.25) is 4.79 Å². The van der Waals surface area contributed by atoms with Gasteiger partial charge in [-0.05, 0) is 28.8 Å². The highest BCUT2D eigenvalue weighted by Crippen LogP contribution is 2.30. The van der Waals surface area contributed by atoms with Crippen molar-refractivity contribution in [2.45, 2.75) is 6.54 Å². The SMILES string of the molecule is CNC(=O)c1c(N(C)C)nc(-c2ccc(P(O)O)cc2)n1Cc1ccc(-c2ccccc2)cc1. The van der Waals surface area contributed by atoms with Gasteiger partial charge in [0.15, 0.2) is 19.9 Å². The molecule has 0 fully saturated rings. The minimum atomic E-state index is -2.17. The van der Waals surface area contributed by atoms with Gasteiger partial charge in [-0.1, -0.05) is 66.7 Å². The molecule has 1 heterocycles. The highest BCUT2D eigenvalue weighted by Gasteiger charge is 2.25. The summed E-state index contributed by atoms with van der Waals surface area (Å²) in [5.41, 5.74) is 4.53. The molecule has 34 heavy (non-hydrogen) atoms. The second-order valence-electron chi connectivity index (χ2n) is 8.07. The molecule has 1 aromatic heterocycles. The first-order valence-electron chi connectivity index (χ1n) is 10.8. The molecule has 7 nitrogen and oxygen atoms in total. The fraction of sp³-hybridized carbons (Fsp3) is 0.154. The Kier molecular flexibility index (Phi) is 7.08. The van der Waals surface area contributed by atoms with Crippen molar-refractivity contribution in [1.29, 1.82) is 0 Å². The van der Waals surface area contributed by atoms with Gasteiger partial charge in [-0.15, -0.1) is 0 Å². The van der Waals surface area contributed by atoms with E-state index in [1.165, 1.54) is 0 Å². The van der Waals surface area contributed by atoms with Crippen LogP contribution in [0.1, 0.15) is 16.1 Å². The maximum absolute atomic E-state index is 12.9. The Morgan fingerprint density at radius 2 is 1.50 bits per heavy atom. The highest BCUT2D eigenvalue weighted by molar-refractivity contribution is 7.54. The van der Waals surface area contributed by atoms with Crippen LogP contribution in [-0.4, -0.2) is 46.4 Å². The Hall–Kier alpha value is -3.51. The maximum atomic E-state index is 12.9. The molecule has 4 rings (SSSR count). The number of nitrogens with zero attached hydrogens (tertiary/aromatic N) is 3. The molecule has 174 valence electrons. The van der Waals surface area contributed by atoms with E-state index >= 15 is 0 Å². The van der Waals surface area contributed by atoms with Crippen molar-refractivity contribution in [3.63, 3.8) is 0 Å². The van der Waals surface area contributed by atoms with E-state index in [0.717, 1.165) is 22.3 Å².